The van der Waals surface area contributed by atoms with Gasteiger partial charge in [0.2, 0.25) is 0 Å². The summed E-state index contributed by atoms with van der Waals surface area (Å²) < 4.78 is 4.90. The first-order valence-corrected chi connectivity index (χ1v) is 3.83. The number of carbonyl (C=O) groups excluding carboxylic acids is 2. The summed E-state index contributed by atoms with van der Waals surface area (Å²) in [5.74, 6) is -0.286. The molecule has 0 amide bonds. The molecule has 0 aliphatic heterocycles. The van der Waals surface area contributed by atoms with Gasteiger partial charge in [0.15, 0.2) is 0 Å². The van der Waals surface area contributed by atoms with E-state index in [4.69, 9.17) is 4.74 Å². The van der Waals surface area contributed by atoms with Gasteiger partial charge in [-0.15, -0.1) is 0 Å². The summed E-state index contributed by atoms with van der Waals surface area (Å²) in [7, 11) is 0. The van der Waals surface area contributed by atoms with Crippen molar-refractivity contribution < 1.29 is 14.3 Å². The molecule has 0 radical (unpaired) electrons. The van der Waals surface area contributed by atoms with Crippen molar-refractivity contribution in [3.8, 4) is 0 Å². The van der Waals surface area contributed by atoms with Crippen LogP contribution in [0.5, 0.6) is 0 Å². The van der Waals surface area contributed by atoms with Gasteiger partial charge < -0.3 is 9.53 Å². The molecule has 0 spiro atoms. The van der Waals surface area contributed by atoms with E-state index in [1.807, 2.05) is 13.8 Å². The molecule has 11 heavy (non-hydrogen) atoms. The zero-order chi connectivity index (χ0) is 8.69. The third kappa shape index (κ3) is 5.58. The van der Waals surface area contributed by atoms with Gasteiger partial charge in [-0.25, -0.2) is 0 Å². The molecule has 0 saturated heterocycles. The molecule has 0 fully saturated rings. The molecule has 0 aromatic rings. The highest BCUT2D eigenvalue weighted by molar-refractivity contribution is 5.72. The highest BCUT2D eigenvalue weighted by atomic mass is 16.5. The predicted octanol–water partition coefficient (Wildman–Crippen LogP) is 1.31. The monoisotopic (exact) mass is 158 g/mol. The van der Waals surface area contributed by atoms with Gasteiger partial charge >= 0.3 is 5.97 Å². The van der Waals surface area contributed by atoms with Crippen LogP contribution in [0.3, 0.4) is 0 Å². The van der Waals surface area contributed by atoms with Crippen LogP contribution in [0.1, 0.15) is 33.1 Å². The first-order chi connectivity index (χ1) is 5.20. The van der Waals surface area contributed by atoms with Crippen LogP contribution >= 0.6 is 0 Å². The van der Waals surface area contributed by atoms with Crippen molar-refractivity contribution in [1.29, 1.82) is 0 Å². The quantitative estimate of drug-likeness (QED) is 0.447. The van der Waals surface area contributed by atoms with E-state index >= 15 is 0 Å². The van der Waals surface area contributed by atoms with Crippen LogP contribution in [0.15, 0.2) is 0 Å². The van der Waals surface area contributed by atoms with Crippen LogP contribution < -0.4 is 0 Å². The average molecular weight is 158 g/mol. The van der Waals surface area contributed by atoms with Crippen molar-refractivity contribution in [3.05, 3.63) is 0 Å². The smallest absolute Gasteiger partial charge is 0.306 e. The lowest BCUT2D eigenvalue weighted by Gasteiger charge is -2.09. The summed E-state index contributed by atoms with van der Waals surface area (Å²) in [6.45, 7) is 3.77. The van der Waals surface area contributed by atoms with Gasteiger partial charge in [-0.2, -0.15) is 0 Å². The van der Waals surface area contributed by atoms with Gasteiger partial charge in [0.25, 0.3) is 0 Å². The average Bonchev–Trinajstić information content (AvgIpc) is 2.00. The maximum Gasteiger partial charge on any atom is 0.306 e. The topological polar surface area (TPSA) is 43.4 Å². The van der Waals surface area contributed by atoms with Gasteiger partial charge in [0.1, 0.15) is 6.29 Å². The third-order valence-corrected chi connectivity index (χ3v) is 1.37. The van der Waals surface area contributed by atoms with Crippen LogP contribution in [-0.2, 0) is 14.3 Å². The minimum Gasteiger partial charge on any atom is -0.463 e. The van der Waals surface area contributed by atoms with Crippen molar-refractivity contribution in [1.82, 2.24) is 0 Å². The van der Waals surface area contributed by atoms with E-state index in [9.17, 15) is 9.59 Å². The largest absolute Gasteiger partial charge is 0.463 e. The molecule has 0 N–H and O–H groups in total. The normalized spacial score (nSPS) is 12.2. The highest BCUT2D eigenvalue weighted by Gasteiger charge is 2.05. The molecule has 1 atom stereocenters. The first kappa shape index (κ1) is 10.1. The fraction of sp³-hybridized carbons (Fsp3) is 0.750. The summed E-state index contributed by atoms with van der Waals surface area (Å²) in [6, 6.07) is 0. The Kier molecular flexibility index (Phi) is 5.43. The van der Waals surface area contributed by atoms with Gasteiger partial charge in [0, 0.05) is 6.42 Å². The minimum absolute atomic E-state index is 0.0332. The van der Waals surface area contributed by atoms with Crippen LogP contribution in [0.4, 0.5) is 0 Å². The summed E-state index contributed by atoms with van der Waals surface area (Å²) in [4.78, 5) is 20.6. The number of aldehydes is 1. The second-order valence-electron chi connectivity index (χ2n) is 2.41. The van der Waals surface area contributed by atoms with Gasteiger partial charge in [-0.1, -0.05) is 6.92 Å². The molecule has 0 heterocycles. The molecule has 64 valence electrons. The lowest BCUT2D eigenvalue weighted by atomic mass is 10.3. The summed E-state index contributed by atoms with van der Waals surface area (Å²) >= 11 is 0. The van der Waals surface area contributed by atoms with Crippen LogP contribution in [0, 0.1) is 0 Å². The Hall–Kier alpha value is -0.860. The van der Waals surface area contributed by atoms with E-state index < -0.39 is 0 Å². The summed E-state index contributed by atoms with van der Waals surface area (Å²) in [5, 5.41) is 0. The maximum atomic E-state index is 10.8. The van der Waals surface area contributed by atoms with E-state index in [1.165, 1.54) is 0 Å². The molecule has 0 aliphatic carbocycles. The molecule has 3 heteroatoms. The van der Waals surface area contributed by atoms with E-state index in [0.29, 0.717) is 0 Å². The highest BCUT2D eigenvalue weighted by Crippen LogP contribution is 1.99. The predicted molar refractivity (Wildman–Crippen MR) is 41.1 cm³/mol. The van der Waals surface area contributed by atoms with E-state index in [2.05, 4.69) is 0 Å². The first-order valence-electron chi connectivity index (χ1n) is 3.83. The SMILES string of the molecule is CCC(C)OC(=O)CCC=O. The van der Waals surface area contributed by atoms with Gasteiger partial charge in [-0.3, -0.25) is 4.79 Å². The Morgan fingerprint density at radius 2 is 2.27 bits per heavy atom. The number of hydrogen-bond donors (Lipinski definition) is 0. The Morgan fingerprint density at radius 1 is 1.64 bits per heavy atom. The molecule has 0 aliphatic rings. The fourth-order valence-corrected chi connectivity index (χ4v) is 0.543. The standard InChI is InChI=1S/C8H14O3/c1-3-7(2)11-8(10)5-4-6-9/h6-7H,3-5H2,1-2H3. The number of carbonyl (C=O) groups is 2. The number of ether oxygens (including phenoxy) is 1. The molecular formula is C8H14O3. The Labute approximate surface area is 66.7 Å². The van der Waals surface area contributed by atoms with E-state index in [-0.39, 0.29) is 24.9 Å². The van der Waals surface area contributed by atoms with Crippen molar-refractivity contribution in [2.75, 3.05) is 0 Å². The van der Waals surface area contributed by atoms with Gasteiger partial charge in [-0.05, 0) is 13.3 Å². The number of hydrogen-bond acceptors (Lipinski definition) is 3. The van der Waals surface area contributed by atoms with Crippen molar-refractivity contribution in [2.45, 2.75) is 39.2 Å². The second-order valence-corrected chi connectivity index (χ2v) is 2.41. The van der Waals surface area contributed by atoms with Crippen molar-refractivity contribution in [3.63, 3.8) is 0 Å². The summed E-state index contributed by atoms with van der Waals surface area (Å²) in [5.41, 5.74) is 0. The molecule has 0 aromatic carbocycles. The van der Waals surface area contributed by atoms with E-state index in [0.717, 1.165) is 12.7 Å². The second kappa shape index (κ2) is 5.89. The van der Waals surface area contributed by atoms with Gasteiger partial charge in [0.05, 0.1) is 12.5 Å². The third-order valence-electron chi connectivity index (χ3n) is 1.37. The molecule has 0 rings (SSSR count). The number of rotatable bonds is 5. The maximum absolute atomic E-state index is 10.8. The lowest BCUT2D eigenvalue weighted by Crippen LogP contribution is -2.13. The Bertz CT molecular complexity index is 131. The Balaban J connectivity index is 3.43. The van der Waals surface area contributed by atoms with E-state index in [1.54, 1.807) is 0 Å². The molecule has 0 aromatic heterocycles. The fourth-order valence-electron chi connectivity index (χ4n) is 0.543. The lowest BCUT2D eigenvalue weighted by molar-refractivity contribution is -0.148. The van der Waals surface area contributed by atoms with Crippen molar-refractivity contribution >= 4 is 12.3 Å². The van der Waals surface area contributed by atoms with Crippen LogP contribution in [-0.4, -0.2) is 18.4 Å². The molecule has 0 bridgehead atoms. The van der Waals surface area contributed by atoms with Crippen LogP contribution in [0.2, 0.25) is 0 Å². The zero-order valence-corrected chi connectivity index (χ0v) is 7.00. The minimum atomic E-state index is -0.286. The van der Waals surface area contributed by atoms with Crippen molar-refractivity contribution in [2.24, 2.45) is 0 Å². The number of esters is 1. The molecular weight excluding hydrogens is 144 g/mol. The molecule has 1 unspecified atom stereocenters. The molecule has 0 saturated carbocycles. The van der Waals surface area contributed by atoms with Crippen LogP contribution in [0.25, 0.3) is 0 Å². The Morgan fingerprint density at radius 3 is 2.73 bits per heavy atom. The summed E-state index contributed by atoms with van der Waals surface area (Å²) in [6.07, 6.45) is 1.96. The zero-order valence-electron chi connectivity index (χ0n) is 7.00. The molecule has 3 nitrogen and oxygen atoms in total.